The van der Waals surface area contributed by atoms with E-state index in [-0.39, 0.29) is 25.3 Å². The number of carbonyl (C=O) groups excluding carboxylic acids is 3. The fourth-order valence-corrected chi connectivity index (χ4v) is 2.75. The molecule has 0 heterocycles. The highest BCUT2D eigenvalue weighted by Gasteiger charge is 2.31. The van der Waals surface area contributed by atoms with Gasteiger partial charge in [-0.1, -0.05) is 6.07 Å². The van der Waals surface area contributed by atoms with Gasteiger partial charge in [-0.2, -0.15) is 13.2 Å². The van der Waals surface area contributed by atoms with Crippen molar-refractivity contribution in [2.24, 2.45) is 0 Å². The summed E-state index contributed by atoms with van der Waals surface area (Å²) in [7, 11) is 2.90. The predicted molar refractivity (Wildman–Crippen MR) is 114 cm³/mol. The highest BCUT2D eigenvalue weighted by molar-refractivity contribution is 5.98. The third-order valence-corrected chi connectivity index (χ3v) is 4.44. The summed E-state index contributed by atoms with van der Waals surface area (Å²) in [6.45, 7) is -0.790. The number of rotatable bonds is 10. The van der Waals surface area contributed by atoms with Crippen LogP contribution in [0.4, 0.5) is 18.9 Å². The maximum atomic E-state index is 13.0. The van der Waals surface area contributed by atoms with Gasteiger partial charge in [-0.15, -0.1) is 0 Å². The van der Waals surface area contributed by atoms with Gasteiger partial charge in [0, 0.05) is 24.9 Å². The normalized spacial score (nSPS) is 10.9. The number of amides is 3. The largest absolute Gasteiger partial charge is 0.497 e. The van der Waals surface area contributed by atoms with Crippen molar-refractivity contribution >= 4 is 23.4 Å². The average Bonchev–Trinajstić information content (AvgIpc) is 2.80. The van der Waals surface area contributed by atoms with E-state index in [1.807, 2.05) is 0 Å². The van der Waals surface area contributed by atoms with Gasteiger partial charge in [-0.25, -0.2) is 0 Å². The van der Waals surface area contributed by atoms with Gasteiger partial charge < -0.3 is 25.0 Å². The minimum atomic E-state index is -4.61. The first-order chi connectivity index (χ1) is 15.6. The molecule has 3 amide bonds. The van der Waals surface area contributed by atoms with Gasteiger partial charge in [0.1, 0.15) is 5.75 Å². The summed E-state index contributed by atoms with van der Waals surface area (Å²) in [4.78, 5) is 38.1. The molecule has 0 aliphatic heterocycles. The molecule has 0 unspecified atom stereocenters. The lowest BCUT2D eigenvalue weighted by molar-refractivity contribution is -0.137. The van der Waals surface area contributed by atoms with Gasteiger partial charge in [0.2, 0.25) is 11.8 Å². The number of nitrogens with one attached hydrogen (secondary N) is 2. The summed E-state index contributed by atoms with van der Waals surface area (Å²) in [5.74, 6) is -1.31. The van der Waals surface area contributed by atoms with Gasteiger partial charge in [-0.3, -0.25) is 14.4 Å². The minimum absolute atomic E-state index is 0.0307. The zero-order chi connectivity index (χ0) is 24.4. The van der Waals surface area contributed by atoms with Crippen LogP contribution in [0.5, 0.6) is 5.75 Å². The van der Waals surface area contributed by atoms with Crippen molar-refractivity contribution in [3.8, 4) is 5.75 Å². The van der Waals surface area contributed by atoms with Crippen LogP contribution in [0.3, 0.4) is 0 Å². The number of halogens is 3. The molecule has 0 bridgehead atoms. The highest BCUT2D eigenvalue weighted by atomic mass is 19.4. The molecule has 2 aromatic rings. The predicted octanol–water partition coefficient (Wildman–Crippen LogP) is 2.56. The first kappa shape index (κ1) is 25.7. The third kappa shape index (κ3) is 8.11. The van der Waals surface area contributed by atoms with E-state index in [9.17, 15) is 27.6 Å². The molecule has 2 N–H and O–H groups in total. The Kier molecular flexibility index (Phi) is 9.22. The van der Waals surface area contributed by atoms with Gasteiger partial charge in [-0.05, 0) is 42.5 Å². The van der Waals surface area contributed by atoms with E-state index >= 15 is 0 Å². The van der Waals surface area contributed by atoms with Gasteiger partial charge in [0.05, 0.1) is 32.4 Å². The number of ether oxygens (including phenoxy) is 2. The molecule has 11 heteroatoms. The lowest BCUT2D eigenvalue weighted by Gasteiger charge is -2.22. The molecule has 0 spiro atoms. The summed E-state index contributed by atoms with van der Waals surface area (Å²) >= 11 is 0. The molecule has 0 saturated heterocycles. The zero-order valence-corrected chi connectivity index (χ0v) is 18.1. The SMILES string of the molecule is COCCN(CC(=O)NCC(=O)Nc1ccc(OC)cc1)C(=O)c1cccc(C(F)(F)F)c1. The van der Waals surface area contributed by atoms with E-state index in [4.69, 9.17) is 9.47 Å². The van der Waals surface area contributed by atoms with Crippen molar-refractivity contribution in [3.05, 3.63) is 59.7 Å². The monoisotopic (exact) mass is 467 g/mol. The number of hydrogen-bond donors (Lipinski definition) is 2. The second kappa shape index (κ2) is 11.9. The second-order valence-electron chi connectivity index (χ2n) is 6.85. The Labute approximate surface area is 188 Å². The molecule has 8 nitrogen and oxygen atoms in total. The molecule has 0 aliphatic rings. The van der Waals surface area contributed by atoms with E-state index in [2.05, 4.69) is 10.6 Å². The van der Waals surface area contributed by atoms with Crippen LogP contribution < -0.4 is 15.4 Å². The van der Waals surface area contributed by atoms with Crippen LogP contribution in [0.25, 0.3) is 0 Å². The molecular formula is C22H24F3N3O5. The van der Waals surface area contributed by atoms with Crippen LogP contribution >= 0.6 is 0 Å². The quantitative estimate of drug-likeness (QED) is 0.560. The summed E-state index contributed by atoms with van der Waals surface area (Å²) in [6.07, 6.45) is -4.61. The molecule has 0 aliphatic carbocycles. The number of carbonyl (C=O) groups is 3. The Morgan fingerprint density at radius 3 is 2.30 bits per heavy atom. The van der Waals surface area contributed by atoms with Crippen molar-refractivity contribution in [2.45, 2.75) is 6.18 Å². The fraction of sp³-hybridized carbons (Fsp3) is 0.318. The van der Waals surface area contributed by atoms with Crippen LogP contribution in [0, 0.1) is 0 Å². The molecule has 0 saturated carbocycles. The van der Waals surface area contributed by atoms with Crippen molar-refractivity contribution < 1.29 is 37.0 Å². The maximum Gasteiger partial charge on any atom is 0.416 e. The van der Waals surface area contributed by atoms with Crippen LogP contribution in [0.1, 0.15) is 15.9 Å². The first-order valence-corrected chi connectivity index (χ1v) is 9.80. The Morgan fingerprint density at radius 1 is 1.00 bits per heavy atom. The Bertz CT molecular complexity index is 964. The molecule has 2 rings (SSSR count). The van der Waals surface area contributed by atoms with Crippen LogP contribution in [0.15, 0.2) is 48.5 Å². The Morgan fingerprint density at radius 2 is 1.70 bits per heavy atom. The molecule has 2 aromatic carbocycles. The summed E-state index contributed by atoms with van der Waals surface area (Å²) in [5.41, 5.74) is -0.692. The van der Waals surface area contributed by atoms with Gasteiger partial charge in [0.25, 0.3) is 5.91 Å². The Balaban J connectivity index is 1.97. The molecule has 0 radical (unpaired) electrons. The number of benzene rings is 2. The zero-order valence-electron chi connectivity index (χ0n) is 18.1. The number of anilines is 1. The van der Waals surface area contributed by atoms with Crippen molar-refractivity contribution in [3.63, 3.8) is 0 Å². The second-order valence-corrected chi connectivity index (χ2v) is 6.85. The topological polar surface area (TPSA) is 97.0 Å². The van der Waals surface area contributed by atoms with Gasteiger partial charge >= 0.3 is 6.18 Å². The van der Waals surface area contributed by atoms with Crippen molar-refractivity contribution in [1.82, 2.24) is 10.2 Å². The van der Waals surface area contributed by atoms with Crippen molar-refractivity contribution in [2.75, 3.05) is 45.8 Å². The van der Waals surface area contributed by atoms with E-state index in [0.29, 0.717) is 11.4 Å². The smallest absolute Gasteiger partial charge is 0.416 e. The minimum Gasteiger partial charge on any atom is -0.497 e. The molecule has 0 atom stereocenters. The Hall–Kier alpha value is -3.60. The first-order valence-electron chi connectivity index (χ1n) is 9.80. The van der Waals surface area contributed by atoms with Crippen LogP contribution in [0.2, 0.25) is 0 Å². The highest BCUT2D eigenvalue weighted by Crippen LogP contribution is 2.29. The number of hydrogen-bond acceptors (Lipinski definition) is 5. The number of methoxy groups -OCH3 is 2. The fourth-order valence-electron chi connectivity index (χ4n) is 2.75. The van der Waals surface area contributed by atoms with Crippen LogP contribution in [-0.4, -0.2) is 63.1 Å². The standard InChI is InChI=1S/C22H24F3N3O5/c1-32-11-10-28(21(31)15-4-3-5-16(12-15)22(23,24)25)14-20(30)26-13-19(29)27-17-6-8-18(33-2)9-7-17/h3-9,12H,10-11,13-14H2,1-2H3,(H,26,30)(H,27,29). The summed E-state index contributed by atoms with van der Waals surface area (Å²) in [5, 5.41) is 4.97. The van der Waals surface area contributed by atoms with Gasteiger partial charge in [0.15, 0.2) is 0 Å². The molecule has 0 fully saturated rings. The van der Waals surface area contributed by atoms with Crippen molar-refractivity contribution in [1.29, 1.82) is 0 Å². The lowest BCUT2D eigenvalue weighted by atomic mass is 10.1. The van der Waals surface area contributed by atoms with E-state index < -0.39 is 36.0 Å². The molecule has 33 heavy (non-hydrogen) atoms. The van der Waals surface area contributed by atoms with E-state index in [1.54, 1.807) is 24.3 Å². The molecular weight excluding hydrogens is 443 g/mol. The van der Waals surface area contributed by atoms with Crippen LogP contribution in [-0.2, 0) is 20.5 Å². The van der Waals surface area contributed by atoms with E-state index in [1.165, 1.54) is 20.3 Å². The molecule has 178 valence electrons. The summed E-state index contributed by atoms with van der Waals surface area (Å²) < 4.78 is 48.8. The molecule has 0 aromatic heterocycles. The number of alkyl halides is 3. The maximum absolute atomic E-state index is 13.0. The lowest BCUT2D eigenvalue weighted by Crippen LogP contribution is -2.44. The third-order valence-electron chi connectivity index (χ3n) is 4.44. The average molecular weight is 467 g/mol. The summed E-state index contributed by atoms with van der Waals surface area (Å²) in [6, 6.07) is 10.5. The van der Waals surface area contributed by atoms with E-state index in [0.717, 1.165) is 23.1 Å². The number of nitrogens with zero attached hydrogens (tertiary/aromatic N) is 1.